The summed E-state index contributed by atoms with van der Waals surface area (Å²) in [5, 5.41) is 19.4. The second kappa shape index (κ2) is 11.4. The van der Waals surface area contributed by atoms with E-state index in [0.717, 1.165) is 58.5 Å². The molecule has 1 amide bonds. The van der Waals surface area contributed by atoms with Crippen LogP contribution in [0.25, 0.3) is 11.1 Å². The van der Waals surface area contributed by atoms with Crippen molar-refractivity contribution >= 4 is 5.91 Å². The molecule has 3 atom stereocenters. The number of rotatable bonds is 8. The van der Waals surface area contributed by atoms with E-state index in [9.17, 15) is 15.2 Å². The molecule has 40 heavy (non-hydrogen) atoms. The van der Waals surface area contributed by atoms with E-state index in [4.69, 9.17) is 4.74 Å². The minimum Gasteiger partial charge on any atom is -0.492 e. The van der Waals surface area contributed by atoms with Crippen LogP contribution in [-0.4, -0.2) is 69.2 Å². The van der Waals surface area contributed by atoms with Crippen molar-refractivity contribution in [1.82, 2.24) is 19.8 Å². The fourth-order valence-electron chi connectivity index (χ4n) is 5.78. The highest BCUT2D eigenvalue weighted by Gasteiger charge is 2.34. The largest absolute Gasteiger partial charge is 0.492 e. The van der Waals surface area contributed by atoms with Crippen LogP contribution in [0.2, 0.25) is 0 Å². The smallest absolute Gasteiger partial charge is 0.254 e. The number of nitrogens with zero attached hydrogens (tertiary/aromatic N) is 5. The first-order valence-corrected chi connectivity index (χ1v) is 14.1. The number of fused-ring (bicyclic) bond motifs is 1. The number of likely N-dealkylation sites (tertiary alicyclic amines) is 1. The zero-order valence-corrected chi connectivity index (χ0v) is 23.9. The molecule has 2 aliphatic rings. The lowest BCUT2D eigenvalue weighted by Gasteiger charge is -2.43. The third-order valence-corrected chi connectivity index (χ3v) is 8.38. The third kappa shape index (κ3) is 5.19. The summed E-state index contributed by atoms with van der Waals surface area (Å²) >= 11 is 0. The summed E-state index contributed by atoms with van der Waals surface area (Å²) in [7, 11) is 0. The standard InChI is InChI=1S/C32H37N5O3/c1-6-40-31-14-29(35-17-24(31)15-33)21(4)37-10-8-25-27(26-11-20(3)34-16-19(26)2)12-23(13-28(25)32(37)39)7-9-36-18-30(38)22(36)5/h11-14,16-17,21-22,30,38H,6-10,18H2,1-5H3/t21-,22+,30+/m0/s1. The number of carbonyl (C=O) groups excluding carboxylic acids is 1. The molecular formula is C32H37N5O3. The number of carbonyl (C=O) groups is 1. The Kier molecular flexibility index (Phi) is 7.88. The van der Waals surface area contributed by atoms with Gasteiger partial charge in [0.25, 0.3) is 5.91 Å². The number of aliphatic hydroxyl groups is 1. The van der Waals surface area contributed by atoms with E-state index < -0.39 is 0 Å². The van der Waals surface area contributed by atoms with Crippen molar-refractivity contribution in [1.29, 1.82) is 5.26 Å². The van der Waals surface area contributed by atoms with Crippen LogP contribution < -0.4 is 4.74 Å². The number of nitriles is 1. The lowest BCUT2D eigenvalue weighted by molar-refractivity contribution is -0.0510. The molecule has 1 N–H and O–H groups in total. The van der Waals surface area contributed by atoms with Gasteiger partial charge in [-0.05, 0) is 87.4 Å². The van der Waals surface area contributed by atoms with Crippen LogP contribution in [0.5, 0.6) is 5.75 Å². The zero-order valence-electron chi connectivity index (χ0n) is 23.9. The van der Waals surface area contributed by atoms with Crippen molar-refractivity contribution in [3.05, 3.63) is 75.9 Å². The normalized spacial score (nSPS) is 19.5. The van der Waals surface area contributed by atoms with E-state index in [0.29, 0.717) is 36.7 Å². The minimum absolute atomic E-state index is 0.0165. The molecule has 4 heterocycles. The molecule has 208 valence electrons. The van der Waals surface area contributed by atoms with E-state index >= 15 is 0 Å². The highest BCUT2D eigenvalue weighted by Crippen LogP contribution is 2.37. The second-order valence-corrected chi connectivity index (χ2v) is 10.9. The first-order chi connectivity index (χ1) is 19.2. The van der Waals surface area contributed by atoms with E-state index in [2.05, 4.69) is 46.1 Å². The van der Waals surface area contributed by atoms with Crippen molar-refractivity contribution in [2.24, 2.45) is 0 Å². The molecule has 0 bridgehead atoms. The summed E-state index contributed by atoms with van der Waals surface area (Å²) in [6, 6.07) is 10.2. The van der Waals surface area contributed by atoms with Crippen LogP contribution >= 0.6 is 0 Å². The van der Waals surface area contributed by atoms with Crippen LogP contribution in [-0.2, 0) is 12.8 Å². The Morgan fingerprint density at radius 1 is 1.15 bits per heavy atom. The van der Waals surface area contributed by atoms with Crippen LogP contribution in [0.4, 0.5) is 0 Å². The fraction of sp³-hybridized carbons (Fsp3) is 0.438. The van der Waals surface area contributed by atoms with Gasteiger partial charge in [-0.2, -0.15) is 5.26 Å². The quantitative estimate of drug-likeness (QED) is 0.453. The summed E-state index contributed by atoms with van der Waals surface area (Å²) in [5.41, 5.74) is 8.22. The Morgan fingerprint density at radius 3 is 2.62 bits per heavy atom. The summed E-state index contributed by atoms with van der Waals surface area (Å²) in [4.78, 5) is 27.2. The summed E-state index contributed by atoms with van der Waals surface area (Å²) < 4.78 is 5.67. The van der Waals surface area contributed by atoms with Crippen molar-refractivity contribution in [3.8, 4) is 22.9 Å². The third-order valence-electron chi connectivity index (χ3n) is 8.38. The van der Waals surface area contributed by atoms with Crippen LogP contribution in [0.1, 0.15) is 70.8 Å². The minimum atomic E-state index is -0.284. The molecule has 2 aliphatic heterocycles. The first kappa shape index (κ1) is 27.8. The molecule has 1 aromatic carbocycles. The number of aryl methyl sites for hydroxylation is 2. The fourth-order valence-corrected chi connectivity index (χ4v) is 5.78. The van der Waals surface area contributed by atoms with Gasteiger partial charge in [-0.15, -0.1) is 0 Å². The van der Waals surface area contributed by atoms with Gasteiger partial charge >= 0.3 is 0 Å². The summed E-state index contributed by atoms with van der Waals surface area (Å²) in [5.74, 6) is 0.474. The van der Waals surface area contributed by atoms with Gasteiger partial charge in [-0.25, -0.2) is 0 Å². The van der Waals surface area contributed by atoms with Crippen molar-refractivity contribution in [2.75, 3.05) is 26.2 Å². The van der Waals surface area contributed by atoms with Crippen molar-refractivity contribution in [3.63, 3.8) is 0 Å². The molecule has 1 fully saturated rings. The maximum Gasteiger partial charge on any atom is 0.254 e. The number of ether oxygens (including phenoxy) is 1. The molecule has 2 aromatic heterocycles. The maximum absolute atomic E-state index is 14.1. The van der Waals surface area contributed by atoms with Crippen LogP contribution in [0.3, 0.4) is 0 Å². The maximum atomic E-state index is 14.1. The van der Waals surface area contributed by atoms with Crippen LogP contribution in [0, 0.1) is 25.2 Å². The first-order valence-electron chi connectivity index (χ1n) is 14.1. The molecule has 5 rings (SSSR count). The van der Waals surface area contributed by atoms with Gasteiger partial charge in [0.15, 0.2) is 0 Å². The molecule has 0 saturated carbocycles. The lowest BCUT2D eigenvalue weighted by Crippen LogP contribution is -2.58. The van der Waals surface area contributed by atoms with Gasteiger partial charge in [0.05, 0.1) is 24.4 Å². The Balaban J connectivity index is 1.51. The zero-order chi connectivity index (χ0) is 28.6. The molecule has 8 heteroatoms. The number of aliphatic hydroxyl groups excluding tert-OH is 1. The molecule has 3 aromatic rings. The SMILES string of the molecule is CCOc1cc([C@H](C)N2CCc3c(cc(CCN4C[C@@H](O)[C@H]4C)cc3-c3cc(C)ncc3C)C2=O)ncc1C#N. The molecule has 0 unspecified atom stereocenters. The van der Waals surface area contributed by atoms with E-state index in [-0.39, 0.29) is 24.1 Å². The molecule has 0 radical (unpaired) electrons. The number of hydrogen-bond acceptors (Lipinski definition) is 7. The highest BCUT2D eigenvalue weighted by atomic mass is 16.5. The Labute approximate surface area is 236 Å². The van der Waals surface area contributed by atoms with Gasteiger partial charge < -0.3 is 14.7 Å². The monoisotopic (exact) mass is 539 g/mol. The highest BCUT2D eigenvalue weighted by molar-refractivity contribution is 5.99. The van der Waals surface area contributed by atoms with Gasteiger partial charge in [0.2, 0.25) is 0 Å². The summed E-state index contributed by atoms with van der Waals surface area (Å²) in [6.07, 6.45) is 4.68. The Hall–Kier alpha value is -3.80. The number of pyridine rings is 2. The van der Waals surface area contributed by atoms with Crippen molar-refractivity contribution < 1.29 is 14.6 Å². The predicted octanol–water partition coefficient (Wildman–Crippen LogP) is 4.40. The van der Waals surface area contributed by atoms with E-state index in [1.165, 1.54) is 6.20 Å². The molecule has 1 saturated heterocycles. The average Bonchev–Trinajstić information content (AvgIpc) is 2.96. The number of amides is 1. The number of β-amino-alcohol motifs (C(OH)–C–C–N with tert-alkyl or cyclic N) is 1. The topological polar surface area (TPSA) is 103 Å². The molecule has 0 spiro atoms. The van der Waals surface area contributed by atoms with Gasteiger partial charge in [-0.3, -0.25) is 19.7 Å². The van der Waals surface area contributed by atoms with Crippen molar-refractivity contribution in [2.45, 2.75) is 65.6 Å². The Morgan fingerprint density at radius 2 is 1.93 bits per heavy atom. The van der Waals surface area contributed by atoms with Crippen LogP contribution in [0.15, 0.2) is 36.7 Å². The predicted molar refractivity (Wildman–Crippen MR) is 153 cm³/mol. The van der Waals surface area contributed by atoms with Gasteiger partial charge in [-0.1, -0.05) is 6.07 Å². The second-order valence-electron chi connectivity index (χ2n) is 10.9. The number of aromatic nitrogens is 2. The molecule has 8 nitrogen and oxygen atoms in total. The van der Waals surface area contributed by atoms with E-state index in [1.807, 2.05) is 38.8 Å². The van der Waals surface area contributed by atoms with E-state index in [1.54, 1.807) is 6.07 Å². The lowest BCUT2D eigenvalue weighted by atomic mass is 9.86. The van der Waals surface area contributed by atoms with Gasteiger partial charge in [0, 0.05) is 55.4 Å². The number of benzene rings is 1. The molecular weight excluding hydrogens is 502 g/mol. The molecule has 0 aliphatic carbocycles. The Bertz CT molecular complexity index is 1480. The summed E-state index contributed by atoms with van der Waals surface area (Å²) in [6.45, 7) is 12.5. The average molecular weight is 540 g/mol. The number of hydrogen-bond donors (Lipinski definition) is 1. The van der Waals surface area contributed by atoms with Gasteiger partial charge in [0.1, 0.15) is 17.4 Å².